The second kappa shape index (κ2) is 16.7. The standard InChI is InChI=1S/C47H74O17/c1-21-28(49)30(51)32(53)39(60-21)62-34-33(54)35(37(55)56)63-40(36(34)64-38-31(52)29(50)24(48)20-59-38)61-27-12-13-44(6)25(43(27,4)5)11-14-46(8)26(44)10-9-22-23-19-42(2,3)15-17-47(23,41(57)58)18-16-45(22,46)7/h9,21,23-36,38-40,48-54H,10-20H2,1-8H3,(H,55,56)(H,57,58)/t21-,23?,24+,25?,26?,27-,28-,29-,30+,31+,32+,33-,34-,35-,36+,38-,39-,40+,44-,45+,46+,47-/m0/s1. The third kappa shape index (κ3) is 7.45. The molecule has 4 saturated carbocycles. The van der Waals surface area contributed by atoms with E-state index in [9.17, 15) is 55.5 Å². The number of carboxylic acid groups (broad SMARTS) is 2. The van der Waals surface area contributed by atoms with Gasteiger partial charge in [-0.15, -0.1) is 0 Å². The summed E-state index contributed by atoms with van der Waals surface area (Å²) in [5.41, 5.74) is -0.358. The first-order chi connectivity index (χ1) is 29.7. The molecule has 0 aromatic heterocycles. The molecule has 0 bridgehead atoms. The van der Waals surface area contributed by atoms with Crippen LogP contribution >= 0.6 is 0 Å². The molecule has 17 nitrogen and oxygen atoms in total. The monoisotopic (exact) mass is 910 g/mol. The van der Waals surface area contributed by atoms with Crippen molar-refractivity contribution in [2.24, 2.45) is 50.2 Å². The Morgan fingerprint density at radius 1 is 0.672 bits per heavy atom. The fourth-order valence-electron chi connectivity index (χ4n) is 14.8. The van der Waals surface area contributed by atoms with E-state index < -0.39 is 121 Å². The summed E-state index contributed by atoms with van der Waals surface area (Å²) in [4.78, 5) is 25.9. The number of carboxylic acids is 2. The molecule has 3 saturated heterocycles. The first-order valence-electron chi connectivity index (χ1n) is 23.6. The van der Waals surface area contributed by atoms with Crippen LogP contribution in [0.4, 0.5) is 0 Å². The molecular weight excluding hydrogens is 837 g/mol. The molecule has 8 rings (SSSR count). The summed E-state index contributed by atoms with van der Waals surface area (Å²) < 4.78 is 36.5. The van der Waals surface area contributed by atoms with Crippen molar-refractivity contribution in [1.29, 1.82) is 0 Å². The largest absolute Gasteiger partial charge is 0.481 e. The molecule has 9 N–H and O–H groups in total. The van der Waals surface area contributed by atoms with E-state index in [0.29, 0.717) is 19.3 Å². The van der Waals surface area contributed by atoms with Gasteiger partial charge in [-0.1, -0.05) is 60.1 Å². The van der Waals surface area contributed by atoms with E-state index in [1.807, 2.05) is 0 Å². The lowest BCUT2D eigenvalue weighted by Gasteiger charge is -2.71. The molecule has 17 heteroatoms. The van der Waals surface area contributed by atoms with Crippen molar-refractivity contribution in [1.82, 2.24) is 0 Å². The normalized spacial score (nSPS) is 53.4. The van der Waals surface area contributed by atoms with Crippen molar-refractivity contribution in [3.8, 4) is 0 Å². The van der Waals surface area contributed by atoms with Crippen LogP contribution in [-0.2, 0) is 38.0 Å². The van der Waals surface area contributed by atoms with Crippen molar-refractivity contribution >= 4 is 11.9 Å². The van der Waals surface area contributed by atoms with Crippen LogP contribution in [0.2, 0.25) is 0 Å². The molecule has 3 heterocycles. The zero-order valence-corrected chi connectivity index (χ0v) is 38.5. The van der Waals surface area contributed by atoms with E-state index in [4.69, 9.17) is 28.4 Å². The Morgan fingerprint density at radius 3 is 2.00 bits per heavy atom. The number of ether oxygens (including phenoxy) is 6. The number of hydrogen-bond donors (Lipinski definition) is 9. The summed E-state index contributed by atoms with van der Waals surface area (Å²) in [6, 6.07) is 0. The molecule has 3 unspecified atom stereocenters. The van der Waals surface area contributed by atoms with Crippen molar-refractivity contribution in [3.05, 3.63) is 11.6 Å². The topological polar surface area (TPSA) is 272 Å². The molecule has 0 radical (unpaired) electrons. The van der Waals surface area contributed by atoms with Gasteiger partial charge in [0.15, 0.2) is 25.0 Å². The van der Waals surface area contributed by atoms with E-state index in [2.05, 4.69) is 54.5 Å². The van der Waals surface area contributed by atoms with Crippen LogP contribution in [0.3, 0.4) is 0 Å². The summed E-state index contributed by atoms with van der Waals surface area (Å²) in [6.45, 7) is 17.1. The van der Waals surface area contributed by atoms with Gasteiger partial charge in [0.2, 0.25) is 0 Å². The lowest BCUT2D eigenvalue weighted by molar-refractivity contribution is -0.390. The van der Waals surface area contributed by atoms with Crippen molar-refractivity contribution in [2.45, 2.75) is 212 Å². The van der Waals surface area contributed by atoms with Gasteiger partial charge in [0.25, 0.3) is 0 Å². The molecular formula is C47H74O17. The molecule has 0 spiro atoms. The van der Waals surface area contributed by atoms with Gasteiger partial charge < -0.3 is 74.4 Å². The van der Waals surface area contributed by atoms with Gasteiger partial charge in [0.05, 0.1) is 24.2 Å². The first kappa shape index (κ1) is 48.6. The highest BCUT2D eigenvalue weighted by Crippen LogP contribution is 2.76. The summed E-state index contributed by atoms with van der Waals surface area (Å²) in [5.74, 6) is -1.85. The second-order valence-corrected chi connectivity index (χ2v) is 23.0. The van der Waals surface area contributed by atoms with Crippen LogP contribution in [0.1, 0.15) is 120 Å². The highest BCUT2D eigenvalue weighted by molar-refractivity contribution is 5.76. The minimum absolute atomic E-state index is 0.00977. The molecule has 22 atom stereocenters. The number of fused-ring (bicyclic) bond motifs is 7. The zero-order chi connectivity index (χ0) is 46.9. The number of aliphatic hydroxyl groups excluding tert-OH is 7. The number of hydrogen-bond acceptors (Lipinski definition) is 15. The maximum absolute atomic E-state index is 13.2. The molecule has 3 aliphatic heterocycles. The van der Waals surface area contributed by atoms with Gasteiger partial charge in [-0.2, -0.15) is 0 Å². The summed E-state index contributed by atoms with van der Waals surface area (Å²) in [7, 11) is 0. The third-order valence-electron chi connectivity index (χ3n) is 18.9. The molecule has 64 heavy (non-hydrogen) atoms. The van der Waals surface area contributed by atoms with Gasteiger partial charge in [0, 0.05) is 0 Å². The van der Waals surface area contributed by atoms with Gasteiger partial charge in [-0.05, 0) is 116 Å². The van der Waals surface area contributed by atoms with E-state index in [1.54, 1.807) is 0 Å². The van der Waals surface area contributed by atoms with Crippen LogP contribution in [-0.4, -0.2) is 157 Å². The Labute approximate surface area is 375 Å². The highest BCUT2D eigenvalue weighted by atomic mass is 16.8. The van der Waals surface area contributed by atoms with E-state index in [0.717, 1.165) is 44.9 Å². The second-order valence-electron chi connectivity index (χ2n) is 23.0. The SMILES string of the molecule is C[C@@H]1O[C@@H](O[C@H]2[C@H](O)[C@@H](C(=O)O)O[C@@H](O[C@H]3CC[C@@]4(C)C(CC[C@]5(C)C4CC=C4C6CC(C)(C)CC[C@]6(C(=O)O)CC[C@]45C)C3(C)C)[C@@H]2O[C@@H]2OC[C@@H](O)[C@H](O)[C@H]2O)[C@H](O)[C@H](O)[C@H]1O. The number of allylic oxidation sites excluding steroid dienone is 2. The van der Waals surface area contributed by atoms with Crippen LogP contribution in [0, 0.1) is 50.2 Å². The Hall–Kier alpha value is -1.84. The predicted octanol–water partition coefficient (Wildman–Crippen LogP) is 2.47. The smallest absolute Gasteiger partial charge is 0.335 e. The molecule has 7 fully saturated rings. The summed E-state index contributed by atoms with van der Waals surface area (Å²) in [5, 5.41) is 96.4. The van der Waals surface area contributed by atoms with Crippen molar-refractivity contribution in [2.75, 3.05) is 6.61 Å². The summed E-state index contributed by atoms with van der Waals surface area (Å²) >= 11 is 0. The highest BCUT2D eigenvalue weighted by Gasteiger charge is 2.70. The minimum atomic E-state index is -2.00. The minimum Gasteiger partial charge on any atom is -0.481 e. The molecule has 364 valence electrons. The van der Waals surface area contributed by atoms with E-state index >= 15 is 0 Å². The zero-order valence-electron chi connectivity index (χ0n) is 38.5. The maximum atomic E-state index is 13.2. The first-order valence-corrected chi connectivity index (χ1v) is 23.6. The third-order valence-corrected chi connectivity index (χ3v) is 18.9. The maximum Gasteiger partial charge on any atom is 0.335 e. The van der Waals surface area contributed by atoms with Crippen LogP contribution in [0.5, 0.6) is 0 Å². The number of carbonyl (C=O) groups is 2. The predicted molar refractivity (Wildman–Crippen MR) is 224 cm³/mol. The Balaban J connectivity index is 1.09. The Kier molecular flexibility index (Phi) is 12.7. The molecule has 0 aromatic carbocycles. The van der Waals surface area contributed by atoms with Gasteiger partial charge >= 0.3 is 11.9 Å². The van der Waals surface area contributed by atoms with Crippen LogP contribution in [0.15, 0.2) is 11.6 Å². The number of aliphatic carboxylic acids is 2. The molecule has 8 aliphatic rings. The Morgan fingerprint density at radius 2 is 1.33 bits per heavy atom. The van der Waals surface area contributed by atoms with Crippen LogP contribution < -0.4 is 0 Å². The quantitative estimate of drug-likeness (QED) is 0.125. The Bertz CT molecular complexity index is 1810. The lowest BCUT2D eigenvalue weighted by atomic mass is 9.33. The summed E-state index contributed by atoms with van der Waals surface area (Å²) in [6.07, 6.45) is -13.6. The number of aliphatic hydroxyl groups is 7. The van der Waals surface area contributed by atoms with E-state index in [-0.39, 0.29) is 39.4 Å². The molecule has 5 aliphatic carbocycles. The van der Waals surface area contributed by atoms with Crippen molar-refractivity contribution in [3.63, 3.8) is 0 Å². The fourth-order valence-corrected chi connectivity index (χ4v) is 14.8. The van der Waals surface area contributed by atoms with Crippen LogP contribution in [0.25, 0.3) is 0 Å². The number of rotatable bonds is 8. The average Bonchev–Trinajstić information content (AvgIpc) is 3.21. The molecule has 0 aromatic rings. The van der Waals surface area contributed by atoms with Crippen molar-refractivity contribution < 1.29 is 84.0 Å². The fraction of sp³-hybridized carbons (Fsp3) is 0.915. The average molecular weight is 911 g/mol. The van der Waals surface area contributed by atoms with Gasteiger partial charge in [0.1, 0.15) is 54.9 Å². The molecule has 0 amide bonds. The van der Waals surface area contributed by atoms with Gasteiger partial charge in [-0.25, -0.2) is 4.79 Å². The lowest BCUT2D eigenvalue weighted by Crippen LogP contribution is -2.68. The van der Waals surface area contributed by atoms with E-state index in [1.165, 1.54) is 12.5 Å². The van der Waals surface area contributed by atoms with Gasteiger partial charge in [-0.3, -0.25) is 4.79 Å².